The maximum absolute atomic E-state index is 11.4. The molecule has 96 valence electrons. The number of aromatic amines is 1. The third-order valence-electron chi connectivity index (χ3n) is 3.40. The second-order valence-electron chi connectivity index (χ2n) is 4.63. The van der Waals surface area contributed by atoms with Gasteiger partial charge in [0.25, 0.3) is 0 Å². The number of nitrogens with one attached hydrogen (secondary N) is 1. The van der Waals surface area contributed by atoms with Gasteiger partial charge in [-0.1, -0.05) is 41.7 Å². The molecule has 0 radical (unpaired) electrons. The smallest absolute Gasteiger partial charge is 0.305 e. The number of rotatable bonds is 1. The van der Waals surface area contributed by atoms with Crippen LogP contribution in [0.1, 0.15) is 0 Å². The molecule has 20 heavy (non-hydrogen) atoms. The van der Waals surface area contributed by atoms with Crippen molar-refractivity contribution in [1.82, 2.24) is 9.97 Å². The molecule has 3 nitrogen and oxygen atoms in total. The second-order valence-corrected chi connectivity index (χ2v) is 5.65. The molecule has 0 saturated heterocycles. The molecule has 2 aromatic carbocycles. The van der Waals surface area contributed by atoms with Gasteiger partial charge in [-0.3, -0.25) is 9.78 Å². The molecule has 4 aromatic rings. The SMILES string of the molecule is O=c1[nH]c2ccc(-c3cncc4ccccc34)cc2s1. The van der Waals surface area contributed by atoms with E-state index in [0.717, 1.165) is 26.7 Å². The van der Waals surface area contributed by atoms with Gasteiger partial charge in [0.05, 0.1) is 10.2 Å². The molecule has 0 aliphatic rings. The van der Waals surface area contributed by atoms with Crippen LogP contribution in [0.3, 0.4) is 0 Å². The highest BCUT2D eigenvalue weighted by Crippen LogP contribution is 2.30. The summed E-state index contributed by atoms with van der Waals surface area (Å²) in [6, 6.07) is 14.2. The Kier molecular flexibility index (Phi) is 2.44. The summed E-state index contributed by atoms with van der Waals surface area (Å²) in [7, 11) is 0. The normalized spacial score (nSPS) is 11.2. The van der Waals surface area contributed by atoms with Gasteiger partial charge in [0.1, 0.15) is 0 Å². The minimum atomic E-state index is -0.0202. The Morgan fingerprint density at radius 1 is 1.05 bits per heavy atom. The molecule has 0 atom stereocenters. The Morgan fingerprint density at radius 2 is 1.95 bits per heavy atom. The Labute approximate surface area is 118 Å². The van der Waals surface area contributed by atoms with Crippen LogP contribution in [0.15, 0.2) is 59.7 Å². The van der Waals surface area contributed by atoms with Crippen LogP contribution in [-0.2, 0) is 0 Å². The number of fused-ring (bicyclic) bond motifs is 2. The Hall–Kier alpha value is -2.46. The summed E-state index contributed by atoms with van der Waals surface area (Å²) in [4.78, 5) is 18.5. The van der Waals surface area contributed by atoms with Crippen LogP contribution in [0, 0.1) is 0 Å². The zero-order chi connectivity index (χ0) is 13.5. The van der Waals surface area contributed by atoms with Gasteiger partial charge < -0.3 is 4.98 Å². The zero-order valence-electron chi connectivity index (χ0n) is 10.5. The fourth-order valence-corrected chi connectivity index (χ4v) is 3.24. The first kappa shape index (κ1) is 11.4. The lowest BCUT2D eigenvalue weighted by Crippen LogP contribution is -1.89. The largest absolute Gasteiger partial charge is 0.312 e. The van der Waals surface area contributed by atoms with Crippen LogP contribution in [0.5, 0.6) is 0 Å². The molecule has 0 amide bonds. The monoisotopic (exact) mass is 278 g/mol. The van der Waals surface area contributed by atoms with Crippen molar-refractivity contribution in [3.05, 3.63) is 64.5 Å². The maximum Gasteiger partial charge on any atom is 0.305 e. The van der Waals surface area contributed by atoms with Gasteiger partial charge in [-0.25, -0.2) is 0 Å². The molecule has 2 heterocycles. The van der Waals surface area contributed by atoms with E-state index in [1.807, 2.05) is 42.7 Å². The summed E-state index contributed by atoms with van der Waals surface area (Å²) in [6.45, 7) is 0. The summed E-state index contributed by atoms with van der Waals surface area (Å²) in [5.41, 5.74) is 3.06. The molecular weight excluding hydrogens is 268 g/mol. The molecule has 1 N–H and O–H groups in total. The van der Waals surface area contributed by atoms with Crippen molar-refractivity contribution in [3.63, 3.8) is 0 Å². The number of pyridine rings is 1. The maximum atomic E-state index is 11.4. The number of benzene rings is 2. The lowest BCUT2D eigenvalue weighted by Gasteiger charge is -2.06. The molecule has 0 aliphatic carbocycles. The number of hydrogen-bond acceptors (Lipinski definition) is 3. The molecule has 4 rings (SSSR count). The molecule has 0 spiro atoms. The molecule has 0 saturated carbocycles. The first-order chi connectivity index (χ1) is 9.81. The predicted molar refractivity (Wildman–Crippen MR) is 83.2 cm³/mol. The lowest BCUT2D eigenvalue weighted by molar-refractivity contribution is 1.36. The standard InChI is InChI=1S/C16H10N2OS/c19-16-18-14-6-5-10(7-15(14)20-16)13-9-17-8-11-3-1-2-4-12(11)13/h1-9H,(H,18,19). The lowest BCUT2D eigenvalue weighted by atomic mass is 10.0. The van der Waals surface area contributed by atoms with Crippen LogP contribution in [0.25, 0.3) is 32.1 Å². The zero-order valence-corrected chi connectivity index (χ0v) is 11.3. The number of aromatic nitrogens is 2. The van der Waals surface area contributed by atoms with Gasteiger partial charge in [-0.05, 0) is 23.1 Å². The van der Waals surface area contributed by atoms with Gasteiger partial charge in [-0.2, -0.15) is 0 Å². The minimum Gasteiger partial charge on any atom is -0.312 e. The van der Waals surface area contributed by atoms with Crippen LogP contribution in [-0.4, -0.2) is 9.97 Å². The van der Waals surface area contributed by atoms with E-state index >= 15 is 0 Å². The van der Waals surface area contributed by atoms with E-state index in [4.69, 9.17) is 0 Å². The van der Waals surface area contributed by atoms with Crippen molar-refractivity contribution in [3.8, 4) is 11.1 Å². The highest BCUT2D eigenvalue weighted by atomic mass is 32.1. The Bertz CT molecular complexity index is 979. The Morgan fingerprint density at radius 3 is 2.90 bits per heavy atom. The van der Waals surface area contributed by atoms with Crippen LogP contribution < -0.4 is 4.87 Å². The molecular formula is C16H10N2OS. The number of hydrogen-bond donors (Lipinski definition) is 1. The number of thiazole rings is 1. The van der Waals surface area contributed by atoms with Crippen LogP contribution >= 0.6 is 11.3 Å². The van der Waals surface area contributed by atoms with E-state index < -0.39 is 0 Å². The molecule has 4 heteroatoms. The number of nitrogens with zero attached hydrogens (tertiary/aromatic N) is 1. The first-order valence-electron chi connectivity index (χ1n) is 6.27. The van der Waals surface area contributed by atoms with E-state index in [-0.39, 0.29) is 4.87 Å². The first-order valence-corrected chi connectivity index (χ1v) is 7.09. The number of H-pyrrole nitrogens is 1. The fraction of sp³-hybridized carbons (Fsp3) is 0. The van der Waals surface area contributed by atoms with E-state index in [9.17, 15) is 4.79 Å². The van der Waals surface area contributed by atoms with Crippen molar-refractivity contribution in [2.24, 2.45) is 0 Å². The molecule has 2 aromatic heterocycles. The average molecular weight is 278 g/mol. The van der Waals surface area contributed by atoms with E-state index in [0.29, 0.717) is 0 Å². The third-order valence-corrected chi connectivity index (χ3v) is 4.25. The van der Waals surface area contributed by atoms with Gasteiger partial charge in [0.2, 0.25) is 0 Å². The van der Waals surface area contributed by atoms with Crippen molar-refractivity contribution in [2.75, 3.05) is 0 Å². The summed E-state index contributed by atoms with van der Waals surface area (Å²) < 4.78 is 0.973. The average Bonchev–Trinajstić information content (AvgIpc) is 2.85. The van der Waals surface area contributed by atoms with E-state index in [1.165, 1.54) is 16.7 Å². The molecule has 0 aliphatic heterocycles. The topological polar surface area (TPSA) is 45.8 Å². The summed E-state index contributed by atoms with van der Waals surface area (Å²) >= 11 is 1.23. The highest BCUT2D eigenvalue weighted by Gasteiger charge is 2.06. The molecule has 0 fully saturated rings. The van der Waals surface area contributed by atoms with E-state index in [1.54, 1.807) is 0 Å². The van der Waals surface area contributed by atoms with Crippen molar-refractivity contribution in [2.45, 2.75) is 0 Å². The fourth-order valence-electron chi connectivity index (χ4n) is 2.46. The predicted octanol–water partition coefficient (Wildman–Crippen LogP) is 3.80. The minimum absolute atomic E-state index is 0.0202. The van der Waals surface area contributed by atoms with Crippen molar-refractivity contribution in [1.29, 1.82) is 0 Å². The summed E-state index contributed by atoms with van der Waals surface area (Å²) in [5.74, 6) is 0. The summed E-state index contributed by atoms with van der Waals surface area (Å²) in [5, 5.41) is 2.29. The van der Waals surface area contributed by atoms with Gasteiger partial charge in [0, 0.05) is 23.3 Å². The van der Waals surface area contributed by atoms with Gasteiger partial charge in [0.15, 0.2) is 0 Å². The highest BCUT2D eigenvalue weighted by molar-refractivity contribution is 7.16. The third kappa shape index (κ3) is 1.73. The molecule has 0 unspecified atom stereocenters. The van der Waals surface area contributed by atoms with Gasteiger partial charge in [-0.15, -0.1) is 0 Å². The van der Waals surface area contributed by atoms with Gasteiger partial charge >= 0.3 is 4.87 Å². The van der Waals surface area contributed by atoms with Crippen LogP contribution in [0.4, 0.5) is 0 Å². The Balaban J connectivity index is 2.03. The summed E-state index contributed by atoms with van der Waals surface area (Å²) in [6.07, 6.45) is 3.74. The van der Waals surface area contributed by atoms with Crippen molar-refractivity contribution < 1.29 is 0 Å². The van der Waals surface area contributed by atoms with E-state index in [2.05, 4.69) is 22.1 Å². The quantitative estimate of drug-likeness (QED) is 0.575. The van der Waals surface area contributed by atoms with Crippen molar-refractivity contribution >= 4 is 32.3 Å². The second kappa shape index (κ2) is 4.28. The molecule has 0 bridgehead atoms. The van der Waals surface area contributed by atoms with Crippen LogP contribution in [0.2, 0.25) is 0 Å².